The number of furan rings is 1. The minimum Gasteiger partial charge on any atom is -0.493 e. The molecule has 0 atom stereocenters. The lowest BCUT2D eigenvalue weighted by atomic mass is 10.1. The molecule has 0 aliphatic carbocycles. The molecule has 2 aromatic carbocycles. The first-order valence-electron chi connectivity index (χ1n) is 9.21. The van der Waals surface area contributed by atoms with E-state index in [1.54, 1.807) is 67.8 Å². The van der Waals surface area contributed by atoms with E-state index in [2.05, 4.69) is 10.6 Å². The number of carbonyl (C=O) groups is 2. The largest absolute Gasteiger partial charge is 0.493 e. The first-order chi connectivity index (χ1) is 14.6. The smallest absolute Gasteiger partial charge is 0.268 e. The van der Waals surface area contributed by atoms with Crippen LogP contribution in [0.5, 0.6) is 11.5 Å². The van der Waals surface area contributed by atoms with Crippen molar-refractivity contribution in [2.24, 2.45) is 0 Å². The minimum atomic E-state index is -0.453. The van der Waals surface area contributed by atoms with Gasteiger partial charge in [-0.1, -0.05) is 24.3 Å². The lowest BCUT2D eigenvalue weighted by Crippen LogP contribution is -2.34. The van der Waals surface area contributed by atoms with Gasteiger partial charge >= 0.3 is 0 Å². The molecule has 3 aromatic rings. The highest BCUT2D eigenvalue weighted by atomic mass is 16.5. The van der Waals surface area contributed by atoms with Gasteiger partial charge in [-0.25, -0.2) is 0 Å². The predicted molar refractivity (Wildman–Crippen MR) is 112 cm³/mol. The Bertz CT molecular complexity index is 1030. The summed E-state index contributed by atoms with van der Waals surface area (Å²) in [6.45, 7) is 0.191. The number of methoxy groups -OCH3 is 2. The van der Waals surface area contributed by atoms with Crippen molar-refractivity contribution >= 4 is 17.9 Å². The van der Waals surface area contributed by atoms with Crippen LogP contribution in [-0.2, 0) is 11.3 Å². The van der Waals surface area contributed by atoms with Crippen molar-refractivity contribution in [1.29, 1.82) is 0 Å². The zero-order valence-corrected chi connectivity index (χ0v) is 16.7. The van der Waals surface area contributed by atoms with E-state index < -0.39 is 11.8 Å². The molecular formula is C23H22N2O5. The maximum absolute atomic E-state index is 12.8. The lowest BCUT2D eigenvalue weighted by molar-refractivity contribution is -0.118. The van der Waals surface area contributed by atoms with Crippen molar-refractivity contribution in [3.63, 3.8) is 0 Å². The Hall–Kier alpha value is -4.00. The van der Waals surface area contributed by atoms with Gasteiger partial charge in [0.25, 0.3) is 11.8 Å². The first-order valence-corrected chi connectivity index (χ1v) is 9.21. The maximum atomic E-state index is 12.8. The Kier molecular flexibility index (Phi) is 6.89. The lowest BCUT2D eigenvalue weighted by Gasteiger charge is -2.12. The highest BCUT2D eigenvalue weighted by Crippen LogP contribution is 2.28. The second-order valence-electron chi connectivity index (χ2n) is 6.25. The van der Waals surface area contributed by atoms with E-state index in [0.717, 1.165) is 0 Å². The number of benzene rings is 2. The van der Waals surface area contributed by atoms with E-state index in [4.69, 9.17) is 13.9 Å². The molecule has 0 saturated heterocycles. The summed E-state index contributed by atoms with van der Waals surface area (Å²) in [5, 5.41) is 5.43. The third kappa shape index (κ3) is 5.29. The van der Waals surface area contributed by atoms with Crippen LogP contribution in [0.25, 0.3) is 6.08 Å². The van der Waals surface area contributed by atoms with Gasteiger partial charge in [0.15, 0.2) is 11.5 Å². The molecule has 0 aliphatic heterocycles. The monoisotopic (exact) mass is 406 g/mol. The van der Waals surface area contributed by atoms with Crippen LogP contribution in [-0.4, -0.2) is 26.0 Å². The predicted octanol–water partition coefficient (Wildman–Crippen LogP) is 3.38. The summed E-state index contributed by atoms with van der Waals surface area (Å²) >= 11 is 0. The van der Waals surface area contributed by atoms with Gasteiger partial charge < -0.3 is 24.5 Å². The van der Waals surface area contributed by atoms with Crippen molar-refractivity contribution in [2.75, 3.05) is 14.2 Å². The van der Waals surface area contributed by atoms with E-state index in [0.29, 0.717) is 28.4 Å². The quantitative estimate of drug-likeness (QED) is 0.560. The van der Waals surface area contributed by atoms with Crippen LogP contribution in [0.15, 0.2) is 77.0 Å². The molecule has 0 fully saturated rings. The van der Waals surface area contributed by atoms with Gasteiger partial charge in [-0.05, 0) is 48.0 Å². The number of hydrogen-bond acceptors (Lipinski definition) is 5. The second kappa shape index (κ2) is 9.97. The maximum Gasteiger partial charge on any atom is 0.268 e. The molecule has 2 N–H and O–H groups in total. The highest BCUT2D eigenvalue weighted by molar-refractivity contribution is 6.05. The summed E-state index contributed by atoms with van der Waals surface area (Å²) in [5.74, 6) is 0.826. The molecule has 0 radical (unpaired) electrons. The molecule has 0 unspecified atom stereocenters. The summed E-state index contributed by atoms with van der Waals surface area (Å²) in [7, 11) is 3.07. The van der Waals surface area contributed by atoms with Crippen LogP contribution in [0.1, 0.15) is 21.7 Å². The van der Waals surface area contributed by atoms with Gasteiger partial charge in [0.1, 0.15) is 11.5 Å². The van der Waals surface area contributed by atoms with E-state index in [-0.39, 0.29) is 12.2 Å². The van der Waals surface area contributed by atoms with E-state index in [1.165, 1.54) is 13.4 Å². The number of nitrogens with one attached hydrogen (secondary N) is 2. The molecule has 0 aliphatic rings. The summed E-state index contributed by atoms with van der Waals surface area (Å²) in [6, 6.07) is 17.3. The van der Waals surface area contributed by atoms with Crippen molar-refractivity contribution in [2.45, 2.75) is 6.54 Å². The average Bonchev–Trinajstić information content (AvgIpc) is 3.31. The summed E-state index contributed by atoms with van der Waals surface area (Å²) in [6.07, 6.45) is 3.10. The third-order valence-electron chi connectivity index (χ3n) is 4.25. The number of amides is 2. The van der Waals surface area contributed by atoms with Gasteiger partial charge in [-0.2, -0.15) is 0 Å². The molecule has 7 heteroatoms. The Morgan fingerprint density at radius 2 is 1.73 bits per heavy atom. The van der Waals surface area contributed by atoms with Crippen LogP contribution in [0.4, 0.5) is 0 Å². The zero-order chi connectivity index (χ0) is 21.3. The third-order valence-corrected chi connectivity index (χ3v) is 4.25. The zero-order valence-electron chi connectivity index (χ0n) is 16.7. The summed E-state index contributed by atoms with van der Waals surface area (Å²) in [4.78, 5) is 25.4. The van der Waals surface area contributed by atoms with Gasteiger partial charge in [-0.15, -0.1) is 0 Å². The normalized spacial score (nSPS) is 10.9. The molecule has 0 bridgehead atoms. The van der Waals surface area contributed by atoms with Crippen molar-refractivity contribution < 1.29 is 23.5 Å². The van der Waals surface area contributed by atoms with Crippen LogP contribution >= 0.6 is 0 Å². The molecule has 3 rings (SSSR count). The highest BCUT2D eigenvalue weighted by Gasteiger charge is 2.15. The number of carbonyl (C=O) groups excluding carboxylic acids is 2. The van der Waals surface area contributed by atoms with E-state index >= 15 is 0 Å². The Morgan fingerprint density at radius 1 is 0.967 bits per heavy atom. The van der Waals surface area contributed by atoms with Crippen molar-refractivity contribution in [3.05, 3.63) is 89.5 Å². The Balaban J connectivity index is 1.86. The number of hydrogen-bond donors (Lipinski definition) is 2. The van der Waals surface area contributed by atoms with Gasteiger partial charge in [0, 0.05) is 5.56 Å². The molecule has 1 aromatic heterocycles. The number of rotatable bonds is 8. The molecule has 2 amide bonds. The van der Waals surface area contributed by atoms with Crippen LogP contribution in [0.3, 0.4) is 0 Å². The molecule has 30 heavy (non-hydrogen) atoms. The van der Waals surface area contributed by atoms with Gasteiger partial charge in [0.05, 0.1) is 27.0 Å². The second-order valence-corrected chi connectivity index (χ2v) is 6.25. The Morgan fingerprint density at radius 3 is 2.40 bits per heavy atom. The topological polar surface area (TPSA) is 89.8 Å². The van der Waals surface area contributed by atoms with Crippen LogP contribution < -0.4 is 20.1 Å². The SMILES string of the molecule is COc1ccc(/C=C(/NC(=O)c2ccccc2)C(=O)NCc2ccco2)cc1OC. The molecular weight excluding hydrogens is 384 g/mol. The molecule has 0 spiro atoms. The molecule has 0 saturated carbocycles. The average molecular weight is 406 g/mol. The van der Waals surface area contributed by atoms with Crippen LogP contribution in [0, 0.1) is 0 Å². The minimum absolute atomic E-state index is 0.0858. The fraction of sp³-hybridized carbons (Fsp3) is 0.130. The van der Waals surface area contributed by atoms with Gasteiger partial charge in [-0.3, -0.25) is 9.59 Å². The summed E-state index contributed by atoms with van der Waals surface area (Å²) < 4.78 is 15.8. The van der Waals surface area contributed by atoms with Gasteiger partial charge in [0.2, 0.25) is 0 Å². The molecule has 1 heterocycles. The molecule has 154 valence electrons. The van der Waals surface area contributed by atoms with Crippen LogP contribution in [0.2, 0.25) is 0 Å². The molecule has 7 nitrogen and oxygen atoms in total. The summed E-state index contributed by atoms with van der Waals surface area (Å²) in [5.41, 5.74) is 1.18. The van der Waals surface area contributed by atoms with Crippen molar-refractivity contribution in [3.8, 4) is 11.5 Å². The number of ether oxygens (including phenoxy) is 2. The first kappa shape index (κ1) is 20.7. The van der Waals surface area contributed by atoms with E-state index in [9.17, 15) is 9.59 Å². The Labute approximate surface area is 174 Å². The van der Waals surface area contributed by atoms with E-state index in [1.807, 2.05) is 6.07 Å². The van der Waals surface area contributed by atoms with Crippen molar-refractivity contribution in [1.82, 2.24) is 10.6 Å². The standard InChI is InChI=1S/C23H22N2O5/c1-28-20-11-10-16(14-21(20)29-2)13-19(23(27)24-15-18-9-6-12-30-18)25-22(26)17-7-4-3-5-8-17/h3-14H,15H2,1-2H3,(H,24,27)(H,25,26)/b19-13+. The fourth-order valence-electron chi connectivity index (χ4n) is 2.73. The fourth-order valence-corrected chi connectivity index (χ4v) is 2.73.